The average Bonchev–Trinajstić information content (AvgIpc) is 3.04. The van der Waals surface area contributed by atoms with Crippen LogP contribution in [-0.2, 0) is 0 Å². The number of ether oxygens (including phenoxy) is 1. The Hall–Kier alpha value is -1.92. The number of pyridine rings is 1. The van der Waals surface area contributed by atoms with Gasteiger partial charge >= 0.3 is 0 Å². The smallest absolute Gasteiger partial charge is 0.255 e. The molecule has 1 atom stereocenters. The Morgan fingerprint density at radius 3 is 2.91 bits per heavy atom. The van der Waals surface area contributed by atoms with E-state index in [1.807, 2.05) is 29.2 Å². The van der Waals surface area contributed by atoms with E-state index in [0.29, 0.717) is 29.7 Å². The Bertz CT molecular complexity index is 690. The molecular formula is C17H18BrN3O2. The second-order valence-electron chi connectivity index (χ2n) is 5.59. The molecule has 1 aliphatic heterocycles. The van der Waals surface area contributed by atoms with Crippen molar-refractivity contribution in [3.63, 3.8) is 0 Å². The highest BCUT2D eigenvalue weighted by molar-refractivity contribution is 9.10. The molecule has 0 saturated carbocycles. The van der Waals surface area contributed by atoms with Crippen LogP contribution in [0.4, 0.5) is 0 Å². The Morgan fingerprint density at radius 1 is 1.39 bits per heavy atom. The third-order valence-electron chi connectivity index (χ3n) is 3.91. The van der Waals surface area contributed by atoms with Crippen molar-refractivity contribution >= 4 is 21.8 Å². The van der Waals surface area contributed by atoms with Crippen LogP contribution in [0.25, 0.3) is 0 Å². The summed E-state index contributed by atoms with van der Waals surface area (Å²) in [5, 5.41) is 0. The molecule has 0 aliphatic carbocycles. The van der Waals surface area contributed by atoms with E-state index in [4.69, 9.17) is 10.5 Å². The van der Waals surface area contributed by atoms with E-state index in [-0.39, 0.29) is 5.91 Å². The first-order valence-electron chi connectivity index (χ1n) is 7.54. The third-order valence-corrected chi connectivity index (χ3v) is 4.40. The largest absolute Gasteiger partial charge is 0.439 e. The summed E-state index contributed by atoms with van der Waals surface area (Å²) in [7, 11) is 0. The molecule has 1 aromatic carbocycles. The fourth-order valence-electron chi connectivity index (χ4n) is 2.61. The molecule has 0 bridgehead atoms. The van der Waals surface area contributed by atoms with E-state index in [1.165, 1.54) is 0 Å². The number of carbonyl (C=O) groups is 1. The highest BCUT2D eigenvalue weighted by Gasteiger charge is 2.26. The minimum absolute atomic E-state index is 0.00227. The van der Waals surface area contributed by atoms with Gasteiger partial charge in [0.2, 0.25) is 5.88 Å². The SMILES string of the molecule is NC[C@@H]1CCN(C(=O)c2ccc(Oc3cccc(Br)c3)nc2)C1. The number of rotatable bonds is 4. The van der Waals surface area contributed by atoms with Crippen molar-refractivity contribution in [3.8, 4) is 11.6 Å². The van der Waals surface area contributed by atoms with Gasteiger partial charge in [0.15, 0.2) is 0 Å². The zero-order valence-electron chi connectivity index (χ0n) is 12.6. The standard InChI is InChI=1S/C17H18BrN3O2/c18-14-2-1-3-15(8-14)23-16-5-4-13(10-20-16)17(22)21-7-6-12(9-19)11-21/h1-5,8,10,12H,6-7,9,11,19H2/t12-/m0/s1. The minimum Gasteiger partial charge on any atom is -0.439 e. The maximum absolute atomic E-state index is 12.4. The molecule has 5 nitrogen and oxygen atoms in total. The number of hydrogen-bond acceptors (Lipinski definition) is 4. The van der Waals surface area contributed by atoms with Crippen LogP contribution < -0.4 is 10.5 Å². The molecule has 3 rings (SSSR count). The number of amides is 1. The molecule has 1 aliphatic rings. The van der Waals surface area contributed by atoms with Crippen molar-refractivity contribution in [2.24, 2.45) is 11.7 Å². The molecular weight excluding hydrogens is 358 g/mol. The highest BCUT2D eigenvalue weighted by Crippen LogP contribution is 2.23. The lowest BCUT2D eigenvalue weighted by atomic mass is 10.1. The van der Waals surface area contributed by atoms with E-state index in [1.54, 1.807) is 18.3 Å². The van der Waals surface area contributed by atoms with Gasteiger partial charge < -0.3 is 15.4 Å². The van der Waals surface area contributed by atoms with Gasteiger partial charge in [-0.2, -0.15) is 0 Å². The molecule has 2 heterocycles. The van der Waals surface area contributed by atoms with E-state index in [2.05, 4.69) is 20.9 Å². The molecule has 0 radical (unpaired) electrons. The normalized spacial score (nSPS) is 17.3. The molecule has 6 heteroatoms. The van der Waals surface area contributed by atoms with Crippen LogP contribution in [-0.4, -0.2) is 35.4 Å². The molecule has 2 N–H and O–H groups in total. The summed E-state index contributed by atoms with van der Waals surface area (Å²) in [5.41, 5.74) is 6.24. The highest BCUT2D eigenvalue weighted by atomic mass is 79.9. The predicted molar refractivity (Wildman–Crippen MR) is 91.5 cm³/mol. The summed E-state index contributed by atoms with van der Waals surface area (Å²) in [5.74, 6) is 1.56. The lowest BCUT2D eigenvalue weighted by molar-refractivity contribution is 0.0787. The first kappa shape index (κ1) is 16.0. The summed E-state index contributed by atoms with van der Waals surface area (Å²) < 4.78 is 6.61. The van der Waals surface area contributed by atoms with Crippen LogP contribution >= 0.6 is 15.9 Å². The molecule has 1 fully saturated rings. The van der Waals surface area contributed by atoms with Gasteiger partial charge in [0.1, 0.15) is 5.75 Å². The molecule has 23 heavy (non-hydrogen) atoms. The van der Waals surface area contributed by atoms with E-state index < -0.39 is 0 Å². The number of carbonyl (C=O) groups excluding carboxylic acids is 1. The van der Waals surface area contributed by atoms with Gasteiger partial charge in [0, 0.05) is 29.8 Å². The van der Waals surface area contributed by atoms with Gasteiger partial charge in [0.25, 0.3) is 5.91 Å². The molecule has 2 aromatic rings. The first-order valence-corrected chi connectivity index (χ1v) is 8.34. The number of hydrogen-bond donors (Lipinski definition) is 1. The number of nitrogens with zero attached hydrogens (tertiary/aromatic N) is 2. The monoisotopic (exact) mass is 375 g/mol. The van der Waals surface area contributed by atoms with Crippen molar-refractivity contribution in [1.29, 1.82) is 0 Å². The quantitative estimate of drug-likeness (QED) is 0.891. The Morgan fingerprint density at radius 2 is 2.26 bits per heavy atom. The summed E-state index contributed by atoms with van der Waals surface area (Å²) in [6.45, 7) is 2.12. The van der Waals surface area contributed by atoms with Gasteiger partial charge in [-0.25, -0.2) is 4.98 Å². The van der Waals surface area contributed by atoms with Gasteiger partial charge in [-0.3, -0.25) is 4.79 Å². The lowest BCUT2D eigenvalue weighted by Crippen LogP contribution is -2.29. The second-order valence-corrected chi connectivity index (χ2v) is 6.50. The predicted octanol–water partition coefficient (Wildman–Crippen LogP) is 3.06. The van der Waals surface area contributed by atoms with Crippen molar-refractivity contribution in [2.45, 2.75) is 6.42 Å². The lowest BCUT2D eigenvalue weighted by Gasteiger charge is -2.16. The van der Waals surface area contributed by atoms with Crippen LogP contribution in [0.3, 0.4) is 0 Å². The van der Waals surface area contributed by atoms with E-state index in [0.717, 1.165) is 24.0 Å². The van der Waals surface area contributed by atoms with Crippen molar-refractivity contribution in [2.75, 3.05) is 19.6 Å². The average molecular weight is 376 g/mol. The van der Waals surface area contributed by atoms with Gasteiger partial charge in [-0.1, -0.05) is 22.0 Å². The van der Waals surface area contributed by atoms with Crippen molar-refractivity contribution in [1.82, 2.24) is 9.88 Å². The fraction of sp³-hybridized carbons (Fsp3) is 0.294. The zero-order chi connectivity index (χ0) is 16.2. The molecule has 0 unspecified atom stereocenters. The van der Waals surface area contributed by atoms with Gasteiger partial charge in [-0.15, -0.1) is 0 Å². The molecule has 1 saturated heterocycles. The van der Waals surface area contributed by atoms with Crippen LogP contribution in [0, 0.1) is 5.92 Å². The van der Waals surface area contributed by atoms with E-state index in [9.17, 15) is 4.79 Å². The third kappa shape index (κ3) is 3.89. The second kappa shape index (κ2) is 7.10. The summed E-state index contributed by atoms with van der Waals surface area (Å²) >= 11 is 3.40. The van der Waals surface area contributed by atoms with Crippen LogP contribution in [0.5, 0.6) is 11.6 Å². The summed E-state index contributed by atoms with van der Waals surface area (Å²) in [6, 6.07) is 11.0. The van der Waals surface area contributed by atoms with Crippen LogP contribution in [0.15, 0.2) is 47.1 Å². The van der Waals surface area contributed by atoms with Crippen molar-refractivity contribution < 1.29 is 9.53 Å². The number of benzene rings is 1. The number of likely N-dealkylation sites (tertiary alicyclic amines) is 1. The number of halogens is 1. The molecule has 0 spiro atoms. The summed E-state index contributed by atoms with van der Waals surface area (Å²) in [4.78, 5) is 18.5. The van der Waals surface area contributed by atoms with Gasteiger partial charge in [0.05, 0.1) is 5.56 Å². The Balaban J connectivity index is 1.66. The summed E-state index contributed by atoms with van der Waals surface area (Å²) in [6.07, 6.45) is 2.53. The van der Waals surface area contributed by atoms with Crippen molar-refractivity contribution in [3.05, 3.63) is 52.6 Å². The Labute approximate surface area is 143 Å². The fourth-order valence-corrected chi connectivity index (χ4v) is 2.99. The maximum atomic E-state index is 12.4. The number of nitrogens with two attached hydrogens (primary N) is 1. The topological polar surface area (TPSA) is 68.5 Å². The zero-order valence-corrected chi connectivity index (χ0v) is 14.2. The minimum atomic E-state index is 0.00227. The number of aromatic nitrogens is 1. The first-order chi connectivity index (χ1) is 11.2. The van der Waals surface area contributed by atoms with Crippen LogP contribution in [0.2, 0.25) is 0 Å². The maximum Gasteiger partial charge on any atom is 0.255 e. The molecule has 1 amide bonds. The molecule has 1 aromatic heterocycles. The Kier molecular flexibility index (Phi) is 4.93. The van der Waals surface area contributed by atoms with E-state index >= 15 is 0 Å². The molecule has 120 valence electrons. The van der Waals surface area contributed by atoms with Crippen LogP contribution in [0.1, 0.15) is 16.8 Å². The van der Waals surface area contributed by atoms with Gasteiger partial charge in [-0.05, 0) is 43.1 Å².